The number of para-hydroxylation sites is 2. The molecule has 3 aromatic carbocycles. The number of aliphatic carboxylic acids is 1. The molecule has 2 atom stereocenters. The number of nitrogens with one attached hydrogen (secondary N) is 2. The lowest BCUT2D eigenvalue weighted by Gasteiger charge is -2.24. The first kappa shape index (κ1) is 32.5. The van der Waals surface area contributed by atoms with E-state index < -0.39 is 21.9 Å². The number of nitrogens with zero attached hydrogens (tertiary/aromatic N) is 2. The number of carboxylic acids is 1. The number of aromatic nitrogens is 1. The number of unbranched alkanes of at least 4 members (excludes halogenated alkanes) is 1. The van der Waals surface area contributed by atoms with E-state index in [0.717, 1.165) is 65.8 Å². The normalized spacial score (nSPS) is 16.8. The molecule has 0 saturated carbocycles. The van der Waals surface area contributed by atoms with E-state index in [1.54, 1.807) is 12.1 Å². The summed E-state index contributed by atoms with van der Waals surface area (Å²) >= 11 is 0. The number of hydrogen-bond acceptors (Lipinski definition) is 6. The SMILES string of the molecule is Cc1ccc(S(=O)(=O)N(CCCC(=O)O)C(=O)c2c3ccccc3[n+](CCCCNCC3CC(C)CN3)c3ccccc23)cc1. The van der Waals surface area contributed by atoms with Gasteiger partial charge in [-0.15, -0.1) is 0 Å². The second-order valence-corrected chi connectivity index (χ2v) is 14.0. The van der Waals surface area contributed by atoms with Crippen molar-refractivity contribution in [3.8, 4) is 0 Å². The van der Waals surface area contributed by atoms with Crippen molar-refractivity contribution in [1.29, 1.82) is 0 Å². The molecule has 1 aliphatic heterocycles. The molecule has 1 fully saturated rings. The van der Waals surface area contributed by atoms with Gasteiger partial charge in [0.15, 0.2) is 0 Å². The minimum absolute atomic E-state index is 0.00126. The standard InChI is InChI=1S/C35H42N4O5S/c1-25-15-17-28(18-16-25)45(43,44)39(21-9-14-33(40)41)35(42)34-29-10-3-5-12-31(29)38(32-13-6-4-11-30(32)34)20-8-7-19-36-24-27-22-26(2)23-37-27/h3-6,10-13,15-18,26-27,36-37H,7-9,14,19-24H2,1-2H3/p+1. The summed E-state index contributed by atoms with van der Waals surface area (Å²) < 4.78 is 31.0. The van der Waals surface area contributed by atoms with Gasteiger partial charge in [-0.3, -0.25) is 9.59 Å². The highest BCUT2D eigenvalue weighted by Crippen LogP contribution is 2.29. The Bertz CT molecular complexity index is 1720. The van der Waals surface area contributed by atoms with Crippen LogP contribution in [0.15, 0.2) is 77.7 Å². The van der Waals surface area contributed by atoms with E-state index in [-0.39, 0.29) is 24.3 Å². The Hall–Kier alpha value is -3.86. The highest BCUT2D eigenvalue weighted by atomic mass is 32.2. The lowest BCUT2D eigenvalue weighted by molar-refractivity contribution is -0.645. The molecular formula is C35H43N4O5S+. The van der Waals surface area contributed by atoms with E-state index in [2.05, 4.69) is 22.1 Å². The number of hydrogen-bond donors (Lipinski definition) is 3. The lowest BCUT2D eigenvalue weighted by atomic mass is 10.0. The van der Waals surface area contributed by atoms with Gasteiger partial charge in [-0.2, -0.15) is 4.57 Å². The number of carbonyl (C=O) groups is 2. The van der Waals surface area contributed by atoms with Crippen LogP contribution in [-0.4, -0.2) is 61.9 Å². The minimum Gasteiger partial charge on any atom is -0.481 e. The van der Waals surface area contributed by atoms with Crippen molar-refractivity contribution in [1.82, 2.24) is 14.9 Å². The molecule has 1 aliphatic rings. The summed E-state index contributed by atoms with van der Waals surface area (Å²) in [5.74, 6) is -0.990. The molecular weight excluding hydrogens is 588 g/mol. The van der Waals surface area contributed by atoms with Crippen LogP contribution in [0.1, 0.15) is 54.9 Å². The van der Waals surface area contributed by atoms with Gasteiger partial charge in [-0.1, -0.05) is 48.9 Å². The molecule has 0 spiro atoms. The Kier molecular flexibility index (Phi) is 10.5. The Morgan fingerprint density at radius 3 is 2.20 bits per heavy atom. The van der Waals surface area contributed by atoms with Gasteiger partial charge in [0.25, 0.3) is 15.9 Å². The zero-order valence-corrected chi connectivity index (χ0v) is 26.9. The van der Waals surface area contributed by atoms with Gasteiger partial charge in [0.2, 0.25) is 11.0 Å². The monoisotopic (exact) mass is 631 g/mol. The summed E-state index contributed by atoms with van der Waals surface area (Å²) in [5.41, 5.74) is 2.87. The summed E-state index contributed by atoms with van der Waals surface area (Å²) in [6.07, 6.45) is 2.86. The molecule has 238 valence electrons. The predicted molar refractivity (Wildman–Crippen MR) is 176 cm³/mol. The number of rotatable bonds is 14. The lowest BCUT2D eigenvalue weighted by Crippen LogP contribution is -2.40. The molecule has 10 heteroatoms. The van der Waals surface area contributed by atoms with Crippen molar-refractivity contribution in [2.75, 3.05) is 26.2 Å². The van der Waals surface area contributed by atoms with Crippen molar-refractivity contribution in [2.24, 2.45) is 5.92 Å². The van der Waals surface area contributed by atoms with Crippen LogP contribution >= 0.6 is 0 Å². The number of aryl methyl sites for hydroxylation is 2. The summed E-state index contributed by atoms with van der Waals surface area (Å²) in [7, 11) is -4.27. The molecule has 45 heavy (non-hydrogen) atoms. The number of carboxylic acid groups (broad SMARTS) is 1. The van der Waals surface area contributed by atoms with Crippen molar-refractivity contribution < 1.29 is 27.7 Å². The highest BCUT2D eigenvalue weighted by Gasteiger charge is 2.34. The third-order valence-electron chi connectivity index (χ3n) is 8.55. The van der Waals surface area contributed by atoms with Crippen molar-refractivity contribution in [3.05, 3.63) is 83.9 Å². The fourth-order valence-corrected chi connectivity index (χ4v) is 7.64. The molecule has 2 heterocycles. The van der Waals surface area contributed by atoms with Crippen LogP contribution in [0, 0.1) is 12.8 Å². The van der Waals surface area contributed by atoms with Gasteiger partial charge < -0.3 is 15.7 Å². The van der Waals surface area contributed by atoms with Crippen LogP contribution in [0.3, 0.4) is 0 Å². The summed E-state index contributed by atoms with van der Waals surface area (Å²) in [6.45, 7) is 7.59. The minimum atomic E-state index is -4.27. The van der Waals surface area contributed by atoms with E-state index in [4.69, 9.17) is 0 Å². The van der Waals surface area contributed by atoms with Gasteiger partial charge >= 0.3 is 5.97 Å². The molecule has 4 aromatic rings. The van der Waals surface area contributed by atoms with Crippen LogP contribution in [-0.2, 0) is 21.4 Å². The fraction of sp³-hybridized carbons (Fsp3) is 0.400. The van der Waals surface area contributed by atoms with Gasteiger partial charge in [-0.25, -0.2) is 12.7 Å². The molecule has 1 aromatic heterocycles. The van der Waals surface area contributed by atoms with Gasteiger partial charge in [0.05, 0.1) is 21.2 Å². The first-order chi connectivity index (χ1) is 21.7. The fourth-order valence-electron chi connectivity index (χ4n) is 6.23. The van der Waals surface area contributed by atoms with E-state index in [0.29, 0.717) is 22.4 Å². The number of benzene rings is 3. The molecule has 1 amide bonds. The number of carbonyl (C=O) groups excluding carboxylic acids is 1. The predicted octanol–water partition coefficient (Wildman–Crippen LogP) is 4.65. The van der Waals surface area contributed by atoms with Crippen LogP contribution < -0.4 is 15.2 Å². The highest BCUT2D eigenvalue weighted by molar-refractivity contribution is 7.89. The number of pyridine rings is 1. The second kappa shape index (κ2) is 14.5. The second-order valence-electron chi connectivity index (χ2n) is 12.1. The zero-order chi connectivity index (χ0) is 32.0. The zero-order valence-electron chi connectivity index (χ0n) is 26.0. The maximum Gasteiger partial charge on any atom is 0.303 e. The van der Waals surface area contributed by atoms with Crippen LogP contribution in [0.5, 0.6) is 0 Å². The molecule has 0 bridgehead atoms. The maximum atomic E-state index is 14.5. The molecule has 0 radical (unpaired) electrons. The van der Waals surface area contributed by atoms with Crippen molar-refractivity contribution >= 4 is 43.7 Å². The molecule has 3 N–H and O–H groups in total. The molecule has 9 nitrogen and oxygen atoms in total. The smallest absolute Gasteiger partial charge is 0.303 e. The molecule has 0 aliphatic carbocycles. The Labute approximate surface area is 265 Å². The van der Waals surface area contributed by atoms with Crippen LogP contribution in [0.4, 0.5) is 0 Å². The summed E-state index contributed by atoms with van der Waals surface area (Å²) in [6, 6.07) is 22.1. The molecule has 2 unspecified atom stereocenters. The average Bonchev–Trinajstić information content (AvgIpc) is 3.44. The van der Waals surface area contributed by atoms with Crippen LogP contribution in [0.25, 0.3) is 21.8 Å². The maximum absolute atomic E-state index is 14.5. The van der Waals surface area contributed by atoms with Crippen molar-refractivity contribution in [3.63, 3.8) is 0 Å². The first-order valence-electron chi connectivity index (χ1n) is 15.8. The van der Waals surface area contributed by atoms with Gasteiger partial charge in [0, 0.05) is 44.1 Å². The first-order valence-corrected chi connectivity index (χ1v) is 17.2. The molecule has 1 saturated heterocycles. The number of sulfonamides is 1. The van der Waals surface area contributed by atoms with E-state index in [9.17, 15) is 23.1 Å². The van der Waals surface area contributed by atoms with Gasteiger partial charge in [-0.05, 0) is 69.5 Å². The van der Waals surface area contributed by atoms with E-state index in [1.165, 1.54) is 18.6 Å². The Morgan fingerprint density at radius 1 is 0.956 bits per heavy atom. The Morgan fingerprint density at radius 2 is 1.60 bits per heavy atom. The van der Waals surface area contributed by atoms with E-state index in [1.807, 2.05) is 55.5 Å². The Balaban J connectivity index is 1.47. The topological polar surface area (TPSA) is 120 Å². The number of fused-ring (bicyclic) bond motifs is 2. The number of amides is 1. The van der Waals surface area contributed by atoms with Gasteiger partial charge in [0.1, 0.15) is 6.54 Å². The quantitative estimate of drug-likeness (QED) is 0.105. The van der Waals surface area contributed by atoms with Crippen LogP contribution in [0.2, 0.25) is 0 Å². The summed E-state index contributed by atoms with van der Waals surface area (Å²) in [5, 5.41) is 17.7. The third-order valence-corrected chi connectivity index (χ3v) is 10.3. The van der Waals surface area contributed by atoms with E-state index >= 15 is 0 Å². The van der Waals surface area contributed by atoms with Crippen molar-refractivity contribution in [2.45, 2.75) is 63.4 Å². The molecule has 5 rings (SSSR count). The third kappa shape index (κ3) is 7.52. The average molecular weight is 632 g/mol. The largest absolute Gasteiger partial charge is 0.481 e. The summed E-state index contributed by atoms with van der Waals surface area (Å²) in [4.78, 5) is 25.8.